The van der Waals surface area contributed by atoms with Crippen molar-refractivity contribution in [3.8, 4) is 0 Å². The van der Waals surface area contributed by atoms with E-state index in [1.807, 2.05) is 6.92 Å². The third-order valence-corrected chi connectivity index (χ3v) is 1.51. The summed E-state index contributed by atoms with van der Waals surface area (Å²) in [6, 6.07) is -0.401. The minimum atomic E-state index is -0.401. The molecule has 64 valence electrons. The van der Waals surface area contributed by atoms with Crippen LogP contribution in [0.15, 0.2) is 11.1 Å². The summed E-state index contributed by atoms with van der Waals surface area (Å²) in [5, 5.41) is 2.62. The molecule has 0 aliphatic heterocycles. The Kier molecular flexibility index (Phi) is 5.15. The Bertz CT molecular complexity index is 159. The lowest BCUT2D eigenvalue weighted by Crippen LogP contribution is -2.40. The Morgan fingerprint density at radius 1 is 1.82 bits per heavy atom. The van der Waals surface area contributed by atoms with Crippen LogP contribution in [0.1, 0.15) is 13.3 Å². The second kappa shape index (κ2) is 5.32. The van der Waals surface area contributed by atoms with E-state index in [2.05, 4.69) is 27.8 Å². The Balaban J connectivity index is 3.60. The fraction of sp³-hybridized carbons (Fsp3) is 0.571. The first-order valence-corrected chi connectivity index (χ1v) is 4.23. The van der Waals surface area contributed by atoms with Crippen molar-refractivity contribution in [1.82, 2.24) is 5.32 Å². The highest BCUT2D eigenvalue weighted by Gasteiger charge is 2.08. The smallest absolute Gasteiger partial charge is 0.237 e. The van der Waals surface area contributed by atoms with Crippen molar-refractivity contribution in [1.29, 1.82) is 0 Å². The van der Waals surface area contributed by atoms with Crippen LogP contribution in [-0.2, 0) is 4.79 Å². The van der Waals surface area contributed by atoms with Crippen LogP contribution < -0.4 is 11.1 Å². The van der Waals surface area contributed by atoms with E-state index < -0.39 is 6.04 Å². The predicted molar refractivity (Wildman–Crippen MR) is 49.3 cm³/mol. The number of hydrogen-bond acceptors (Lipinski definition) is 2. The quantitative estimate of drug-likeness (QED) is 0.735. The first-order valence-electron chi connectivity index (χ1n) is 3.44. The van der Waals surface area contributed by atoms with E-state index >= 15 is 0 Å². The largest absolute Gasteiger partial charge is 0.350 e. The standard InChI is InChI=1S/C7H13BrN2O/c1-3-6(9)7(11)10-4-5(2)8/h6H,2-4,9H2,1H3,(H,10,11)/t6-/m1/s1. The van der Waals surface area contributed by atoms with Gasteiger partial charge < -0.3 is 11.1 Å². The molecule has 1 amide bonds. The lowest BCUT2D eigenvalue weighted by molar-refractivity contribution is -0.122. The van der Waals surface area contributed by atoms with E-state index in [0.29, 0.717) is 13.0 Å². The van der Waals surface area contributed by atoms with Gasteiger partial charge in [0.15, 0.2) is 0 Å². The van der Waals surface area contributed by atoms with Gasteiger partial charge in [-0.2, -0.15) is 0 Å². The zero-order valence-electron chi connectivity index (χ0n) is 6.56. The van der Waals surface area contributed by atoms with Gasteiger partial charge in [0.05, 0.1) is 6.04 Å². The van der Waals surface area contributed by atoms with Crippen molar-refractivity contribution in [2.45, 2.75) is 19.4 Å². The van der Waals surface area contributed by atoms with E-state index in [9.17, 15) is 4.79 Å². The van der Waals surface area contributed by atoms with Gasteiger partial charge in [-0.05, 0) is 6.42 Å². The van der Waals surface area contributed by atoms with Crippen LogP contribution in [0, 0.1) is 0 Å². The number of carbonyl (C=O) groups is 1. The number of rotatable bonds is 4. The van der Waals surface area contributed by atoms with Gasteiger partial charge in [0.25, 0.3) is 0 Å². The molecule has 0 aliphatic carbocycles. The van der Waals surface area contributed by atoms with Gasteiger partial charge in [0.2, 0.25) is 5.91 Å². The molecule has 4 heteroatoms. The van der Waals surface area contributed by atoms with Crippen molar-refractivity contribution in [2.24, 2.45) is 5.73 Å². The second-order valence-corrected chi connectivity index (χ2v) is 3.37. The molecule has 3 N–H and O–H groups in total. The molecule has 0 radical (unpaired) electrons. The molecule has 0 rings (SSSR count). The maximum atomic E-state index is 11.0. The summed E-state index contributed by atoms with van der Waals surface area (Å²) < 4.78 is 0.745. The summed E-state index contributed by atoms with van der Waals surface area (Å²) >= 11 is 3.12. The van der Waals surface area contributed by atoms with Gasteiger partial charge >= 0.3 is 0 Å². The van der Waals surface area contributed by atoms with Gasteiger partial charge in [0, 0.05) is 11.0 Å². The van der Waals surface area contributed by atoms with Crippen LogP contribution in [0.25, 0.3) is 0 Å². The Labute approximate surface area is 75.2 Å². The van der Waals surface area contributed by atoms with Crippen LogP contribution in [0.5, 0.6) is 0 Å². The molecule has 0 bridgehead atoms. The van der Waals surface area contributed by atoms with E-state index in [1.165, 1.54) is 0 Å². The lowest BCUT2D eigenvalue weighted by Gasteiger charge is -2.08. The summed E-state index contributed by atoms with van der Waals surface area (Å²) in [4.78, 5) is 11.0. The molecule has 0 saturated heterocycles. The predicted octanol–water partition coefficient (Wildman–Crippen LogP) is 0.748. The summed E-state index contributed by atoms with van der Waals surface area (Å²) in [7, 11) is 0. The molecule has 3 nitrogen and oxygen atoms in total. The van der Waals surface area contributed by atoms with Crippen molar-refractivity contribution >= 4 is 21.8 Å². The molecule has 1 atom stereocenters. The maximum Gasteiger partial charge on any atom is 0.237 e. The van der Waals surface area contributed by atoms with Crippen LogP contribution in [0.3, 0.4) is 0 Å². The monoisotopic (exact) mass is 220 g/mol. The summed E-state index contributed by atoms with van der Waals surface area (Å²) in [5.74, 6) is -0.131. The topological polar surface area (TPSA) is 55.1 Å². The van der Waals surface area contributed by atoms with Gasteiger partial charge in [-0.25, -0.2) is 0 Å². The number of amides is 1. The van der Waals surface area contributed by atoms with Crippen molar-refractivity contribution < 1.29 is 4.79 Å². The number of nitrogens with one attached hydrogen (secondary N) is 1. The molecular weight excluding hydrogens is 208 g/mol. The number of nitrogens with two attached hydrogens (primary N) is 1. The normalized spacial score (nSPS) is 12.3. The van der Waals surface area contributed by atoms with E-state index in [-0.39, 0.29) is 5.91 Å². The minimum Gasteiger partial charge on any atom is -0.350 e. The van der Waals surface area contributed by atoms with E-state index in [4.69, 9.17) is 5.73 Å². The first kappa shape index (κ1) is 10.7. The second-order valence-electron chi connectivity index (χ2n) is 2.25. The van der Waals surface area contributed by atoms with Crippen molar-refractivity contribution in [3.63, 3.8) is 0 Å². The molecule has 0 aromatic rings. The number of hydrogen-bond donors (Lipinski definition) is 2. The Morgan fingerprint density at radius 3 is 2.73 bits per heavy atom. The zero-order valence-corrected chi connectivity index (χ0v) is 8.15. The molecule has 0 spiro atoms. The van der Waals surface area contributed by atoms with Crippen LogP contribution in [0.4, 0.5) is 0 Å². The highest BCUT2D eigenvalue weighted by molar-refractivity contribution is 9.11. The summed E-state index contributed by atoms with van der Waals surface area (Å²) in [6.07, 6.45) is 0.653. The number of carbonyl (C=O) groups excluding carboxylic acids is 1. The molecular formula is C7H13BrN2O. The highest BCUT2D eigenvalue weighted by Crippen LogP contribution is 1.97. The minimum absolute atomic E-state index is 0.131. The first-order chi connectivity index (χ1) is 5.07. The van der Waals surface area contributed by atoms with E-state index in [1.54, 1.807) is 0 Å². The maximum absolute atomic E-state index is 11.0. The molecule has 0 aromatic heterocycles. The van der Waals surface area contributed by atoms with E-state index in [0.717, 1.165) is 4.48 Å². The Morgan fingerprint density at radius 2 is 2.36 bits per heavy atom. The van der Waals surface area contributed by atoms with Gasteiger partial charge in [-0.1, -0.05) is 29.4 Å². The van der Waals surface area contributed by atoms with Crippen molar-refractivity contribution in [3.05, 3.63) is 11.1 Å². The molecule has 0 aliphatic rings. The molecule has 0 heterocycles. The SMILES string of the molecule is C=C(Br)CNC(=O)[C@H](N)CC. The van der Waals surface area contributed by atoms with Crippen LogP contribution in [0.2, 0.25) is 0 Å². The summed E-state index contributed by atoms with van der Waals surface area (Å²) in [6.45, 7) is 5.88. The van der Waals surface area contributed by atoms with Gasteiger partial charge in [-0.15, -0.1) is 0 Å². The van der Waals surface area contributed by atoms with Gasteiger partial charge in [0.1, 0.15) is 0 Å². The third-order valence-electron chi connectivity index (χ3n) is 1.23. The third kappa shape index (κ3) is 4.98. The number of halogens is 1. The average molecular weight is 221 g/mol. The lowest BCUT2D eigenvalue weighted by atomic mass is 10.2. The summed E-state index contributed by atoms with van der Waals surface area (Å²) in [5.41, 5.74) is 5.45. The average Bonchev–Trinajstić information content (AvgIpc) is 1.98. The molecule has 0 fully saturated rings. The molecule has 0 saturated carbocycles. The zero-order chi connectivity index (χ0) is 8.85. The Hall–Kier alpha value is -0.350. The molecule has 0 aromatic carbocycles. The highest BCUT2D eigenvalue weighted by atomic mass is 79.9. The van der Waals surface area contributed by atoms with Crippen LogP contribution >= 0.6 is 15.9 Å². The molecule has 0 unspecified atom stereocenters. The van der Waals surface area contributed by atoms with Crippen molar-refractivity contribution in [2.75, 3.05) is 6.54 Å². The molecule has 11 heavy (non-hydrogen) atoms. The fourth-order valence-electron chi connectivity index (χ4n) is 0.500. The van der Waals surface area contributed by atoms with Gasteiger partial charge in [-0.3, -0.25) is 4.79 Å². The van der Waals surface area contributed by atoms with Crippen LogP contribution in [-0.4, -0.2) is 18.5 Å². The fourth-order valence-corrected chi connectivity index (χ4v) is 0.640.